The van der Waals surface area contributed by atoms with Gasteiger partial charge in [-0.2, -0.15) is 0 Å². The molecule has 2 saturated heterocycles. The highest BCUT2D eigenvalue weighted by molar-refractivity contribution is 5.97. The highest BCUT2D eigenvalue weighted by Crippen LogP contribution is 2.24. The van der Waals surface area contributed by atoms with Crippen molar-refractivity contribution in [2.75, 3.05) is 13.2 Å². The van der Waals surface area contributed by atoms with Crippen LogP contribution in [0.15, 0.2) is 11.1 Å². The van der Waals surface area contributed by atoms with E-state index in [1.54, 1.807) is 0 Å². The van der Waals surface area contributed by atoms with Gasteiger partial charge in [0.2, 0.25) is 0 Å². The Morgan fingerprint density at radius 1 is 0.889 bits per heavy atom. The Bertz CT molecular complexity index is 342. The van der Waals surface area contributed by atoms with Crippen LogP contribution in [0.2, 0.25) is 0 Å². The molecule has 2 rings (SSSR count). The molecule has 0 amide bonds. The van der Waals surface area contributed by atoms with Crippen molar-refractivity contribution in [3.63, 3.8) is 0 Å². The van der Waals surface area contributed by atoms with E-state index in [0.29, 0.717) is 26.1 Å². The molecule has 6 nitrogen and oxygen atoms in total. The average molecular weight is 254 g/mol. The molecule has 0 spiro atoms. The molecule has 100 valence electrons. The zero-order chi connectivity index (χ0) is 13.1. The molecule has 2 aliphatic heterocycles. The van der Waals surface area contributed by atoms with Crippen molar-refractivity contribution >= 4 is 11.9 Å². The standard InChI is InChI=1S/C12H16O6/c13-11(14)9(3-1-7-5-17-7)10(12(15)16)4-2-8-6-18-8/h7-8H,1-6H2,(H,13,14)(H,15,16)/p-2/b10-9-. The van der Waals surface area contributed by atoms with Gasteiger partial charge in [-0.3, -0.25) is 0 Å². The van der Waals surface area contributed by atoms with Gasteiger partial charge in [0.25, 0.3) is 0 Å². The van der Waals surface area contributed by atoms with Crippen LogP contribution < -0.4 is 10.2 Å². The SMILES string of the molecule is O=C([O-])/C(CCC1CO1)=C(/CCC1CO1)C(=O)[O-]. The number of carbonyl (C=O) groups is 2. The molecule has 0 aromatic heterocycles. The maximum Gasteiger partial charge on any atom is 0.0813 e. The Labute approximate surface area is 104 Å². The van der Waals surface area contributed by atoms with Gasteiger partial charge in [-0.25, -0.2) is 0 Å². The second-order valence-electron chi connectivity index (χ2n) is 4.52. The number of rotatable bonds is 8. The lowest BCUT2D eigenvalue weighted by Gasteiger charge is -2.17. The van der Waals surface area contributed by atoms with Crippen LogP contribution in [0, 0.1) is 0 Å². The Morgan fingerprint density at radius 3 is 1.44 bits per heavy atom. The van der Waals surface area contributed by atoms with E-state index < -0.39 is 11.9 Å². The van der Waals surface area contributed by atoms with Crippen LogP contribution in [-0.4, -0.2) is 37.4 Å². The lowest BCUT2D eigenvalue weighted by Crippen LogP contribution is -2.32. The molecule has 18 heavy (non-hydrogen) atoms. The largest absolute Gasteiger partial charge is 0.545 e. The predicted octanol–water partition coefficient (Wildman–Crippen LogP) is -1.86. The van der Waals surface area contributed by atoms with Crippen molar-refractivity contribution in [1.29, 1.82) is 0 Å². The van der Waals surface area contributed by atoms with Crippen LogP contribution in [0.25, 0.3) is 0 Å². The lowest BCUT2D eigenvalue weighted by molar-refractivity contribution is -0.304. The number of ether oxygens (including phenoxy) is 2. The third kappa shape index (κ3) is 3.82. The Hall–Kier alpha value is -1.40. The van der Waals surface area contributed by atoms with Crippen LogP contribution >= 0.6 is 0 Å². The third-order valence-electron chi connectivity index (χ3n) is 3.09. The molecule has 6 heteroatoms. The minimum Gasteiger partial charge on any atom is -0.545 e. The summed E-state index contributed by atoms with van der Waals surface area (Å²) in [5.41, 5.74) is -0.350. The fourth-order valence-electron chi connectivity index (χ4n) is 1.83. The Balaban J connectivity index is 2.03. The molecule has 2 aliphatic rings. The fraction of sp³-hybridized carbons (Fsp3) is 0.667. The van der Waals surface area contributed by atoms with Gasteiger partial charge in [0.05, 0.1) is 37.4 Å². The van der Waals surface area contributed by atoms with Crippen LogP contribution in [-0.2, 0) is 19.1 Å². The summed E-state index contributed by atoms with van der Waals surface area (Å²) in [4.78, 5) is 22.0. The average Bonchev–Trinajstić information content (AvgIpc) is 3.12. The van der Waals surface area contributed by atoms with Gasteiger partial charge in [-0.15, -0.1) is 0 Å². The summed E-state index contributed by atoms with van der Waals surface area (Å²) in [6.45, 7) is 1.22. The van der Waals surface area contributed by atoms with Gasteiger partial charge in [0, 0.05) is 0 Å². The monoisotopic (exact) mass is 254 g/mol. The molecule has 0 N–H and O–H groups in total. The van der Waals surface area contributed by atoms with Gasteiger partial charge in [-0.1, -0.05) is 0 Å². The maximum atomic E-state index is 11.0. The quantitative estimate of drug-likeness (QED) is 0.371. The molecule has 0 aromatic carbocycles. The van der Waals surface area contributed by atoms with Crippen molar-refractivity contribution in [3.8, 4) is 0 Å². The lowest BCUT2D eigenvalue weighted by atomic mass is 9.98. The van der Waals surface area contributed by atoms with Gasteiger partial charge < -0.3 is 29.3 Å². The number of aliphatic carboxylic acids is 2. The topological polar surface area (TPSA) is 105 Å². The number of epoxide rings is 2. The summed E-state index contributed by atoms with van der Waals surface area (Å²) < 4.78 is 9.94. The first-order valence-electron chi connectivity index (χ1n) is 5.96. The molecular weight excluding hydrogens is 240 g/mol. The number of hydrogen-bond acceptors (Lipinski definition) is 6. The van der Waals surface area contributed by atoms with E-state index >= 15 is 0 Å². The number of carboxylic acids is 2. The fourth-order valence-corrected chi connectivity index (χ4v) is 1.83. The molecule has 0 aliphatic carbocycles. The molecule has 0 saturated carbocycles. The van der Waals surface area contributed by atoms with Crippen LogP contribution in [0.1, 0.15) is 25.7 Å². The minimum absolute atomic E-state index is 0.0501. The second kappa shape index (κ2) is 5.49. The van der Waals surface area contributed by atoms with E-state index in [9.17, 15) is 19.8 Å². The zero-order valence-corrected chi connectivity index (χ0v) is 9.85. The minimum atomic E-state index is -1.44. The zero-order valence-electron chi connectivity index (χ0n) is 9.85. The Kier molecular flexibility index (Phi) is 3.98. The molecular formula is C12H14O6-2. The summed E-state index contributed by atoms with van der Waals surface area (Å²) in [6.07, 6.45) is 1.38. The van der Waals surface area contributed by atoms with Crippen molar-refractivity contribution in [1.82, 2.24) is 0 Å². The molecule has 2 fully saturated rings. The predicted molar refractivity (Wildman–Crippen MR) is 55.0 cm³/mol. The molecule has 0 bridgehead atoms. The first-order chi connectivity index (χ1) is 8.58. The first kappa shape index (κ1) is 13.0. The van der Waals surface area contributed by atoms with Crippen LogP contribution in [0.5, 0.6) is 0 Å². The second-order valence-corrected chi connectivity index (χ2v) is 4.52. The van der Waals surface area contributed by atoms with Crippen LogP contribution in [0.3, 0.4) is 0 Å². The van der Waals surface area contributed by atoms with Crippen molar-refractivity contribution in [2.24, 2.45) is 0 Å². The highest BCUT2D eigenvalue weighted by atomic mass is 16.6. The summed E-state index contributed by atoms with van der Waals surface area (Å²) >= 11 is 0. The summed E-state index contributed by atoms with van der Waals surface area (Å²) in [5, 5.41) is 22.0. The van der Waals surface area contributed by atoms with E-state index in [2.05, 4.69) is 0 Å². The maximum absolute atomic E-state index is 11.0. The smallest absolute Gasteiger partial charge is 0.0813 e. The summed E-state index contributed by atoms with van der Waals surface area (Å²) in [7, 11) is 0. The summed E-state index contributed by atoms with van der Waals surface area (Å²) in [6, 6.07) is 0. The van der Waals surface area contributed by atoms with Crippen molar-refractivity contribution in [3.05, 3.63) is 11.1 Å². The molecule has 2 atom stereocenters. The van der Waals surface area contributed by atoms with Crippen LogP contribution in [0.4, 0.5) is 0 Å². The molecule has 2 unspecified atom stereocenters. The third-order valence-corrected chi connectivity index (χ3v) is 3.09. The van der Waals surface area contributed by atoms with E-state index in [-0.39, 0.29) is 36.2 Å². The first-order valence-corrected chi connectivity index (χ1v) is 5.96. The molecule has 2 heterocycles. The number of hydrogen-bond donors (Lipinski definition) is 0. The molecule has 0 radical (unpaired) electrons. The van der Waals surface area contributed by atoms with Crippen molar-refractivity contribution < 1.29 is 29.3 Å². The van der Waals surface area contributed by atoms with Gasteiger partial charge in [0.15, 0.2) is 0 Å². The van der Waals surface area contributed by atoms with E-state index in [0.717, 1.165) is 0 Å². The molecule has 0 aromatic rings. The van der Waals surface area contributed by atoms with E-state index in [4.69, 9.17) is 9.47 Å². The van der Waals surface area contributed by atoms with Gasteiger partial charge in [0.1, 0.15) is 0 Å². The Morgan fingerprint density at radius 2 is 1.22 bits per heavy atom. The number of carboxylic acid groups (broad SMARTS) is 2. The highest BCUT2D eigenvalue weighted by Gasteiger charge is 2.25. The van der Waals surface area contributed by atoms with Crippen molar-refractivity contribution in [2.45, 2.75) is 37.9 Å². The van der Waals surface area contributed by atoms with Gasteiger partial charge in [-0.05, 0) is 36.8 Å². The summed E-state index contributed by atoms with van der Waals surface area (Å²) in [5.74, 6) is -2.88. The van der Waals surface area contributed by atoms with Gasteiger partial charge >= 0.3 is 0 Å². The van der Waals surface area contributed by atoms with E-state index in [1.165, 1.54) is 0 Å². The van der Waals surface area contributed by atoms with E-state index in [1.807, 2.05) is 0 Å². The number of carbonyl (C=O) groups excluding carboxylic acids is 2. The normalized spacial score (nSPS) is 26.4.